The predicted molar refractivity (Wildman–Crippen MR) is 79.0 cm³/mol. The molecular formula is C19H19O. The molecule has 1 nitrogen and oxygen atoms in total. The van der Waals surface area contributed by atoms with Gasteiger partial charge >= 0.3 is 0 Å². The molecule has 0 aromatic heterocycles. The van der Waals surface area contributed by atoms with Gasteiger partial charge in [0.1, 0.15) is 5.60 Å². The molecule has 0 amide bonds. The average Bonchev–Trinajstić information content (AvgIpc) is 3.36. The zero-order chi connectivity index (χ0) is 13.8. The first-order chi connectivity index (χ1) is 9.64. The molecule has 4 rings (SSSR count). The molecule has 2 aromatic rings. The molecule has 3 atom stereocenters. The highest BCUT2D eigenvalue weighted by molar-refractivity contribution is 5.48. The van der Waals surface area contributed by atoms with Crippen LogP contribution in [0.4, 0.5) is 0 Å². The van der Waals surface area contributed by atoms with Crippen molar-refractivity contribution in [2.45, 2.75) is 30.8 Å². The fourth-order valence-corrected chi connectivity index (χ4v) is 4.02. The van der Waals surface area contributed by atoms with Crippen molar-refractivity contribution in [2.24, 2.45) is 11.8 Å². The smallest absolute Gasteiger partial charge is 0.104 e. The first kappa shape index (κ1) is 12.2. The molecule has 2 aliphatic carbocycles. The Kier molecular flexibility index (Phi) is 2.41. The SMILES string of the molecule is CC1([O])CC1C1CC1(c1ccccc1)c1ccccc1. The van der Waals surface area contributed by atoms with Gasteiger partial charge in [-0.3, -0.25) is 0 Å². The molecule has 2 saturated carbocycles. The van der Waals surface area contributed by atoms with Crippen molar-refractivity contribution in [1.29, 1.82) is 0 Å². The third-order valence-corrected chi connectivity index (χ3v) is 5.33. The molecule has 3 unspecified atom stereocenters. The third kappa shape index (κ3) is 1.66. The van der Waals surface area contributed by atoms with Gasteiger partial charge in [-0.1, -0.05) is 60.7 Å². The van der Waals surface area contributed by atoms with Crippen LogP contribution >= 0.6 is 0 Å². The Morgan fingerprint density at radius 3 is 1.65 bits per heavy atom. The van der Waals surface area contributed by atoms with Crippen LogP contribution in [0.3, 0.4) is 0 Å². The van der Waals surface area contributed by atoms with Gasteiger partial charge in [-0.25, -0.2) is 5.11 Å². The van der Waals surface area contributed by atoms with Gasteiger partial charge in [0, 0.05) is 5.41 Å². The zero-order valence-electron chi connectivity index (χ0n) is 11.8. The quantitative estimate of drug-likeness (QED) is 0.791. The number of benzene rings is 2. The minimum atomic E-state index is -0.685. The van der Waals surface area contributed by atoms with Crippen LogP contribution in [0.1, 0.15) is 30.9 Å². The number of hydrogen-bond donors (Lipinski definition) is 0. The summed E-state index contributed by atoms with van der Waals surface area (Å²) in [4.78, 5) is 0. The van der Waals surface area contributed by atoms with Crippen molar-refractivity contribution in [3.05, 3.63) is 71.8 Å². The summed E-state index contributed by atoms with van der Waals surface area (Å²) in [6.45, 7) is 1.87. The molecule has 1 radical (unpaired) electrons. The van der Waals surface area contributed by atoms with E-state index in [9.17, 15) is 5.11 Å². The highest BCUT2D eigenvalue weighted by Gasteiger charge is 2.69. The van der Waals surface area contributed by atoms with Gasteiger partial charge < -0.3 is 0 Å². The second kappa shape index (κ2) is 3.95. The van der Waals surface area contributed by atoms with E-state index in [0.717, 1.165) is 12.8 Å². The van der Waals surface area contributed by atoms with Crippen LogP contribution in [0.15, 0.2) is 60.7 Å². The van der Waals surface area contributed by atoms with E-state index in [-0.39, 0.29) is 5.41 Å². The van der Waals surface area contributed by atoms with Crippen molar-refractivity contribution >= 4 is 0 Å². The standard InChI is InChI=1S/C19H19O/c1-18(20)12-16(18)17-13-19(17,14-8-4-2-5-9-14)15-10-6-3-7-11-15/h2-11,16-17H,12-13H2,1H3. The van der Waals surface area contributed by atoms with E-state index in [0.29, 0.717) is 11.8 Å². The summed E-state index contributed by atoms with van der Waals surface area (Å²) in [5.41, 5.74) is 2.16. The largest absolute Gasteiger partial charge is 0.229 e. The lowest BCUT2D eigenvalue weighted by molar-refractivity contribution is 0.0619. The fraction of sp³-hybridized carbons (Fsp3) is 0.368. The minimum absolute atomic E-state index is 0.0926. The maximum Gasteiger partial charge on any atom is 0.104 e. The highest BCUT2D eigenvalue weighted by atomic mass is 16.3. The summed E-state index contributed by atoms with van der Waals surface area (Å²) < 4.78 is 0. The van der Waals surface area contributed by atoms with Crippen molar-refractivity contribution in [3.8, 4) is 0 Å². The van der Waals surface area contributed by atoms with Crippen molar-refractivity contribution in [3.63, 3.8) is 0 Å². The zero-order valence-corrected chi connectivity index (χ0v) is 11.8. The monoisotopic (exact) mass is 263 g/mol. The van der Waals surface area contributed by atoms with Crippen LogP contribution in [0, 0.1) is 11.8 Å². The first-order valence-electron chi connectivity index (χ1n) is 7.46. The first-order valence-corrected chi connectivity index (χ1v) is 7.46. The van der Waals surface area contributed by atoms with Crippen LogP contribution in [-0.2, 0) is 10.5 Å². The highest BCUT2D eigenvalue weighted by Crippen LogP contribution is 2.69. The van der Waals surface area contributed by atoms with E-state index in [4.69, 9.17) is 0 Å². The summed E-state index contributed by atoms with van der Waals surface area (Å²) in [5, 5.41) is 12.2. The van der Waals surface area contributed by atoms with Crippen LogP contribution < -0.4 is 0 Å². The molecule has 1 heteroatoms. The molecule has 0 spiro atoms. The second-order valence-electron chi connectivity index (χ2n) is 6.64. The Balaban J connectivity index is 1.77. The molecule has 0 N–H and O–H groups in total. The summed E-state index contributed by atoms with van der Waals surface area (Å²) in [6, 6.07) is 21.4. The minimum Gasteiger partial charge on any atom is -0.229 e. The second-order valence-corrected chi connectivity index (χ2v) is 6.64. The maximum atomic E-state index is 12.2. The van der Waals surface area contributed by atoms with Gasteiger partial charge in [-0.05, 0) is 42.7 Å². The van der Waals surface area contributed by atoms with Gasteiger partial charge in [0.25, 0.3) is 0 Å². The van der Waals surface area contributed by atoms with Crippen LogP contribution in [-0.4, -0.2) is 5.60 Å². The number of rotatable bonds is 3. The van der Waals surface area contributed by atoms with Crippen LogP contribution in [0.2, 0.25) is 0 Å². The van der Waals surface area contributed by atoms with Gasteiger partial charge in [0.15, 0.2) is 0 Å². The Labute approximate surface area is 120 Å². The summed E-state index contributed by atoms with van der Waals surface area (Å²) in [6.07, 6.45) is 1.97. The average molecular weight is 263 g/mol. The van der Waals surface area contributed by atoms with Crippen LogP contribution in [0.5, 0.6) is 0 Å². The van der Waals surface area contributed by atoms with Gasteiger partial charge in [0.2, 0.25) is 0 Å². The summed E-state index contributed by atoms with van der Waals surface area (Å²) in [5.74, 6) is 0.873. The Hall–Kier alpha value is -1.60. The van der Waals surface area contributed by atoms with Gasteiger partial charge in [0.05, 0.1) is 0 Å². The summed E-state index contributed by atoms with van der Waals surface area (Å²) >= 11 is 0. The lowest BCUT2D eigenvalue weighted by atomic mass is 9.84. The molecule has 0 heterocycles. The Morgan fingerprint density at radius 1 is 0.800 bits per heavy atom. The lowest BCUT2D eigenvalue weighted by Crippen LogP contribution is -2.15. The summed E-state index contributed by atoms with van der Waals surface area (Å²) in [7, 11) is 0. The van der Waals surface area contributed by atoms with E-state index < -0.39 is 5.60 Å². The molecule has 0 bridgehead atoms. The van der Waals surface area contributed by atoms with E-state index in [1.54, 1.807) is 0 Å². The molecule has 20 heavy (non-hydrogen) atoms. The predicted octanol–water partition coefficient (Wildman–Crippen LogP) is 4.20. The van der Waals surface area contributed by atoms with Crippen molar-refractivity contribution < 1.29 is 5.11 Å². The maximum absolute atomic E-state index is 12.2. The number of hydrogen-bond acceptors (Lipinski definition) is 0. The lowest BCUT2D eigenvalue weighted by Gasteiger charge is -2.19. The van der Waals surface area contributed by atoms with E-state index in [1.807, 2.05) is 6.92 Å². The van der Waals surface area contributed by atoms with E-state index in [1.165, 1.54) is 11.1 Å². The van der Waals surface area contributed by atoms with E-state index in [2.05, 4.69) is 60.7 Å². The fourth-order valence-electron chi connectivity index (χ4n) is 4.02. The molecule has 2 aromatic carbocycles. The molecule has 0 saturated heterocycles. The molecule has 101 valence electrons. The van der Waals surface area contributed by atoms with Crippen LogP contribution in [0.25, 0.3) is 0 Å². The molecule has 2 fully saturated rings. The molecule has 0 aliphatic heterocycles. The third-order valence-electron chi connectivity index (χ3n) is 5.33. The van der Waals surface area contributed by atoms with Crippen molar-refractivity contribution in [1.82, 2.24) is 0 Å². The van der Waals surface area contributed by atoms with Gasteiger partial charge in [-0.15, -0.1) is 0 Å². The van der Waals surface area contributed by atoms with Gasteiger partial charge in [-0.2, -0.15) is 0 Å². The Morgan fingerprint density at radius 2 is 1.25 bits per heavy atom. The van der Waals surface area contributed by atoms with E-state index >= 15 is 0 Å². The molecule has 2 aliphatic rings. The van der Waals surface area contributed by atoms with Crippen molar-refractivity contribution in [2.75, 3.05) is 0 Å². The molecular weight excluding hydrogens is 244 g/mol. The normalized spacial score (nSPS) is 33.7. The topological polar surface area (TPSA) is 19.9 Å². The Bertz CT molecular complexity index is 575.